The number of hydrazone groups is 1. The molecule has 2 aromatic heterocycles. The van der Waals surface area contributed by atoms with Gasteiger partial charge in [-0.15, -0.1) is 10.2 Å². The average Bonchev–Trinajstić information content (AvgIpc) is 3.12. The largest absolute Gasteiger partial charge is 0.311 e. The van der Waals surface area contributed by atoms with Crippen LogP contribution in [0.25, 0.3) is 5.65 Å². The molecule has 114 valence electrons. The minimum absolute atomic E-state index is 0.138. The lowest BCUT2D eigenvalue weighted by molar-refractivity contribution is 0.0978. The molecule has 8 heteroatoms. The van der Waals surface area contributed by atoms with Crippen molar-refractivity contribution >= 4 is 23.6 Å². The third kappa shape index (κ3) is 2.22. The van der Waals surface area contributed by atoms with E-state index in [1.165, 1.54) is 5.69 Å². The summed E-state index contributed by atoms with van der Waals surface area (Å²) < 4.78 is 1.88. The molecule has 3 rings (SSSR count). The molecular weight excluding hydrogens is 282 g/mol. The van der Waals surface area contributed by atoms with Crippen LogP contribution in [0, 0.1) is 5.41 Å². The van der Waals surface area contributed by atoms with Crippen LogP contribution in [0.1, 0.15) is 40.9 Å². The Morgan fingerprint density at radius 3 is 3.14 bits per heavy atom. The number of amidine groups is 1. The third-order valence-electron chi connectivity index (χ3n) is 3.91. The summed E-state index contributed by atoms with van der Waals surface area (Å²) in [6, 6.07) is 1.88. The van der Waals surface area contributed by atoms with Crippen LogP contribution in [0.2, 0.25) is 0 Å². The number of rotatable bonds is 3. The van der Waals surface area contributed by atoms with Gasteiger partial charge in [0.25, 0.3) is 5.91 Å². The van der Waals surface area contributed by atoms with Gasteiger partial charge in [0.05, 0.1) is 11.8 Å². The van der Waals surface area contributed by atoms with Gasteiger partial charge in [-0.3, -0.25) is 9.20 Å². The zero-order valence-electron chi connectivity index (χ0n) is 12.4. The number of aromatic nitrogens is 3. The number of fused-ring (bicyclic) bond motifs is 3. The van der Waals surface area contributed by atoms with Crippen molar-refractivity contribution in [2.45, 2.75) is 25.7 Å². The second kappa shape index (κ2) is 5.55. The fraction of sp³-hybridized carbons (Fsp3) is 0.357. The van der Waals surface area contributed by atoms with Crippen molar-refractivity contribution in [3.05, 3.63) is 29.2 Å². The van der Waals surface area contributed by atoms with Gasteiger partial charge in [-0.25, -0.2) is 0 Å². The summed E-state index contributed by atoms with van der Waals surface area (Å²) in [4.78, 5) is 12.5. The Morgan fingerprint density at radius 2 is 2.41 bits per heavy atom. The minimum atomic E-state index is -0.350. The van der Waals surface area contributed by atoms with Gasteiger partial charge in [0.15, 0.2) is 11.5 Å². The van der Waals surface area contributed by atoms with Gasteiger partial charge >= 0.3 is 0 Å². The maximum atomic E-state index is 12.5. The van der Waals surface area contributed by atoms with Crippen molar-refractivity contribution in [1.82, 2.24) is 25.3 Å². The molecule has 0 saturated carbocycles. The van der Waals surface area contributed by atoms with Crippen molar-refractivity contribution in [2.24, 2.45) is 5.10 Å². The van der Waals surface area contributed by atoms with Gasteiger partial charge in [0, 0.05) is 12.7 Å². The minimum Gasteiger partial charge on any atom is -0.311 e. The fourth-order valence-corrected chi connectivity index (χ4v) is 2.83. The number of pyridine rings is 1. The lowest BCUT2D eigenvalue weighted by Crippen LogP contribution is -2.33. The summed E-state index contributed by atoms with van der Waals surface area (Å²) in [5.74, 6) is 0.192. The average molecular weight is 299 g/mol. The highest BCUT2D eigenvalue weighted by molar-refractivity contribution is 6.33. The number of carbonyl (C=O) groups is 1. The first-order valence-corrected chi connectivity index (χ1v) is 7.07. The van der Waals surface area contributed by atoms with Crippen LogP contribution in [0.5, 0.6) is 0 Å². The second-order valence-corrected chi connectivity index (χ2v) is 5.24. The predicted molar refractivity (Wildman–Crippen MR) is 82.5 cm³/mol. The summed E-state index contributed by atoms with van der Waals surface area (Å²) >= 11 is 0. The summed E-state index contributed by atoms with van der Waals surface area (Å²) in [6.45, 7) is 2.15. The van der Waals surface area contributed by atoms with Gasteiger partial charge in [0.1, 0.15) is 6.33 Å². The highest BCUT2D eigenvalue weighted by Gasteiger charge is 2.25. The van der Waals surface area contributed by atoms with Gasteiger partial charge in [-0.2, -0.15) is 5.10 Å². The van der Waals surface area contributed by atoms with Crippen LogP contribution in [-0.2, 0) is 6.42 Å². The zero-order chi connectivity index (χ0) is 15.7. The summed E-state index contributed by atoms with van der Waals surface area (Å²) in [5.41, 5.74) is 5.83. The number of nitrogens with one attached hydrogen (secondary N) is 3. The molecule has 0 fully saturated rings. The quantitative estimate of drug-likeness (QED) is 0.440. The molecule has 22 heavy (non-hydrogen) atoms. The number of carbonyl (C=O) groups excluding carboxylic acids is 1. The van der Waals surface area contributed by atoms with E-state index in [0.717, 1.165) is 24.6 Å². The first-order valence-electron chi connectivity index (χ1n) is 7.07. The van der Waals surface area contributed by atoms with Crippen LogP contribution in [0.15, 0.2) is 17.5 Å². The Labute approximate surface area is 127 Å². The van der Waals surface area contributed by atoms with Crippen molar-refractivity contribution < 1.29 is 4.79 Å². The smallest absolute Gasteiger partial charge is 0.260 e. The molecule has 0 aliphatic heterocycles. The monoisotopic (exact) mass is 299 g/mol. The number of hydrogen-bond donors (Lipinski definition) is 3. The second-order valence-electron chi connectivity index (χ2n) is 5.24. The van der Waals surface area contributed by atoms with E-state index in [1.807, 2.05) is 10.5 Å². The lowest BCUT2D eigenvalue weighted by Gasteiger charge is -2.11. The molecular formula is C14H17N7O. The molecule has 3 N–H and O–H groups in total. The molecule has 1 amide bonds. The first-order chi connectivity index (χ1) is 10.7. The maximum Gasteiger partial charge on any atom is 0.260 e. The molecule has 2 heterocycles. The van der Waals surface area contributed by atoms with Gasteiger partial charge in [0.2, 0.25) is 0 Å². The maximum absolute atomic E-state index is 12.5. The molecule has 1 atom stereocenters. The highest BCUT2D eigenvalue weighted by atomic mass is 16.1. The molecule has 0 spiro atoms. The van der Waals surface area contributed by atoms with E-state index in [2.05, 4.69) is 33.0 Å². The lowest BCUT2D eigenvalue weighted by atomic mass is 10.0. The van der Waals surface area contributed by atoms with Gasteiger partial charge < -0.3 is 16.2 Å². The SMILES string of the molecule is CN/N=C(\C=N)NC(=O)c1cc2c(n3cnnc13)CCC2C. The van der Waals surface area contributed by atoms with Crippen LogP contribution < -0.4 is 10.7 Å². The molecule has 2 aromatic rings. The molecule has 1 aliphatic rings. The molecule has 0 aromatic carbocycles. The van der Waals surface area contributed by atoms with Gasteiger partial charge in [-0.1, -0.05) is 6.92 Å². The first kappa shape index (κ1) is 14.2. The van der Waals surface area contributed by atoms with Crippen LogP contribution in [0.3, 0.4) is 0 Å². The molecule has 8 nitrogen and oxygen atoms in total. The molecule has 0 radical (unpaired) electrons. The van der Waals surface area contributed by atoms with Crippen LogP contribution >= 0.6 is 0 Å². The standard InChI is InChI=1S/C14H17N7O/c1-8-3-4-11-9(8)5-10(13-20-17-7-21(11)13)14(22)18-12(6-15)19-16-2/h5-8,15-16H,3-4H2,1-2H3,(H,18,19,22). The van der Waals surface area contributed by atoms with Crippen LogP contribution in [-0.4, -0.2) is 39.6 Å². The van der Waals surface area contributed by atoms with Crippen molar-refractivity contribution in [3.63, 3.8) is 0 Å². The Bertz CT molecular complexity index is 777. The molecule has 1 aliphatic carbocycles. The topological polar surface area (TPSA) is 108 Å². The third-order valence-corrected chi connectivity index (χ3v) is 3.91. The van der Waals surface area contributed by atoms with Crippen molar-refractivity contribution in [3.8, 4) is 0 Å². The molecule has 0 saturated heterocycles. The predicted octanol–water partition coefficient (Wildman–Crippen LogP) is 0.691. The Balaban J connectivity index is 2.06. The fourth-order valence-electron chi connectivity index (χ4n) is 2.83. The summed E-state index contributed by atoms with van der Waals surface area (Å²) in [5, 5.41) is 21.7. The van der Waals surface area contributed by atoms with Gasteiger partial charge in [-0.05, 0) is 30.4 Å². The van der Waals surface area contributed by atoms with E-state index in [1.54, 1.807) is 13.4 Å². The number of hydrogen-bond acceptors (Lipinski definition) is 6. The Hall–Kier alpha value is -2.77. The Kier molecular flexibility index (Phi) is 3.58. The Morgan fingerprint density at radius 1 is 1.59 bits per heavy atom. The van der Waals surface area contributed by atoms with E-state index >= 15 is 0 Å². The van der Waals surface area contributed by atoms with Crippen molar-refractivity contribution in [2.75, 3.05) is 7.05 Å². The zero-order valence-corrected chi connectivity index (χ0v) is 12.4. The van der Waals surface area contributed by atoms with Crippen LogP contribution in [0.4, 0.5) is 0 Å². The van der Waals surface area contributed by atoms with E-state index in [0.29, 0.717) is 17.1 Å². The molecule has 1 unspecified atom stereocenters. The summed E-state index contributed by atoms with van der Waals surface area (Å²) in [6.07, 6.45) is 4.63. The van der Waals surface area contributed by atoms with E-state index in [9.17, 15) is 4.79 Å². The van der Waals surface area contributed by atoms with E-state index in [4.69, 9.17) is 5.41 Å². The van der Waals surface area contributed by atoms with E-state index < -0.39 is 0 Å². The summed E-state index contributed by atoms with van der Waals surface area (Å²) in [7, 11) is 1.60. The molecule has 0 bridgehead atoms. The number of amides is 1. The number of aryl methyl sites for hydroxylation is 1. The highest BCUT2D eigenvalue weighted by Crippen LogP contribution is 2.34. The van der Waals surface area contributed by atoms with E-state index in [-0.39, 0.29) is 11.7 Å². The number of nitrogens with zero attached hydrogens (tertiary/aromatic N) is 4. The normalized spacial score (nSPS) is 17.4. The van der Waals surface area contributed by atoms with Crippen molar-refractivity contribution in [1.29, 1.82) is 5.41 Å².